The van der Waals surface area contributed by atoms with E-state index in [2.05, 4.69) is 4.98 Å². The molecular weight excluding hydrogens is 548 g/mol. The Morgan fingerprint density at radius 3 is 2.47 bits per heavy atom. The van der Waals surface area contributed by atoms with Crippen molar-refractivity contribution in [2.75, 3.05) is 19.8 Å². The van der Waals surface area contributed by atoms with Crippen LogP contribution in [0.25, 0.3) is 5.76 Å². The van der Waals surface area contributed by atoms with E-state index in [1.807, 2.05) is 43.3 Å². The summed E-state index contributed by atoms with van der Waals surface area (Å²) in [6, 6.07) is 22.7. The lowest BCUT2D eigenvalue weighted by Gasteiger charge is -2.26. The molecule has 1 saturated heterocycles. The number of carbonyl (C=O) groups is 2. The molecule has 1 aromatic heterocycles. The molecule has 43 heavy (non-hydrogen) atoms. The third-order valence-corrected chi connectivity index (χ3v) is 7.25. The van der Waals surface area contributed by atoms with Gasteiger partial charge < -0.3 is 29.0 Å². The van der Waals surface area contributed by atoms with Gasteiger partial charge >= 0.3 is 0 Å². The number of Topliss-reactive ketones (excluding diaryl/α,β-unsaturated/α-hetero) is 1. The maximum atomic E-state index is 13.6. The molecule has 1 amide bonds. The fourth-order valence-corrected chi connectivity index (χ4v) is 5.24. The van der Waals surface area contributed by atoms with Crippen LogP contribution in [0.4, 0.5) is 0 Å². The molecular formula is C34H30N2O7. The highest BCUT2D eigenvalue weighted by Gasteiger charge is 2.46. The van der Waals surface area contributed by atoms with E-state index in [1.54, 1.807) is 54.9 Å². The van der Waals surface area contributed by atoms with Gasteiger partial charge in [0.25, 0.3) is 11.7 Å². The summed E-state index contributed by atoms with van der Waals surface area (Å²) in [5.41, 5.74) is 2.62. The first-order valence-corrected chi connectivity index (χ1v) is 14.0. The second-order valence-electron chi connectivity index (χ2n) is 10.1. The summed E-state index contributed by atoms with van der Waals surface area (Å²) in [5, 5.41) is 11.6. The predicted molar refractivity (Wildman–Crippen MR) is 158 cm³/mol. The van der Waals surface area contributed by atoms with Crippen LogP contribution in [0.2, 0.25) is 0 Å². The van der Waals surface area contributed by atoms with Gasteiger partial charge in [-0.3, -0.25) is 14.6 Å². The van der Waals surface area contributed by atoms with E-state index in [1.165, 1.54) is 4.90 Å². The minimum atomic E-state index is -0.907. The zero-order valence-electron chi connectivity index (χ0n) is 23.6. The van der Waals surface area contributed by atoms with Gasteiger partial charge in [0.2, 0.25) is 0 Å². The maximum Gasteiger partial charge on any atom is 0.295 e. The summed E-state index contributed by atoms with van der Waals surface area (Å²) >= 11 is 0. The summed E-state index contributed by atoms with van der Waals surface area (Å²) in [7, 11) is 0. The Balaban J connectivity index is 1.43. The molecule has 0 spiro atoms. The number of hydrogen-bond donors (Lipinski definition) is 1. The van der Waals surface area contributed by atoms with Gasteiger partial charge in [0.1, 0.15) is 25.6 Å². The summed E-state index contributed by atoms with van der Waals surface area (Å²) in [6.07, 6.45) is 3.28. The fourth-order valence-electron chi connectivity index (χ4n) is 5.24. The van der Waals surface area contributed by atoms with Crippen molar-refractivity contribution < 1.29 is 33.6 Å². The molecule has 4 aromatic rings. The van der Waals surface area contributed by atoms with Crippen molar-refractivity contribution in [2.24, 2.45) is 0 Å². The van der Waals surface area contributed by atoms with E-state index in [-0.39, 0.29) is 17.9 Å². The standard InChI is InChI=1S/C34H30N2O7/c1-2-40-28-17-24(10-12-27(28)43-21-22-7-4-3-5-8-22)31-30(32(37)25-11-13-26-29(18-25)42-16-15-41-26)33(38)34(39)36(31)20-23-9-6-14-35-19-23/h3-14,17-19,31,37H,2,15-16,20-21H2,1H3/b32-30+/t31-/m1/s1. The molecule has 0 saturated carbocycles. The van der Waals surface area contributed by atoms with E-state index >= 15 is 0 Å². The number of aliphatic hydroxyl groups is 1. The van der Waals surface area contributed by atoms with Crippen molar-refractivity contribution in [3.8, 4) is 23.0 Å². The van der Waals surface area contributed by atoms with Crippen LogP contribution in [0.15, 0.2) is 96.8 Å². The lowest BCUT2D eigenvalue weighted by molar-refractivity contribution is -0.140. The molecule has 0 bridgehead atoms. The lowest BCUT2D eigenvalue weighted by atomic mass is 9.94. The molecule has 3 aromatic carbocycles. The number of amides is 1. The largest absolute Gasteiger partial charge is 0.507 e. The first kappa shape index (κ1) is 27.8. The quantitative estimate of drug-likeness (QED) is 0.159. The fraction of sp³-hybridized carbons (Fsp3) is 0.206. The Morgan fingerprint density at radius 1 is 0.907 bits per heavy atom. The van der Waals surface area contributed by atoms with E-state index in [4.69, 9.17) is 18.9 Å². The van der Waals surface area contributed by atoms with Gasteiger partial charge in [-0.25, -0.2) is 0 Å². The number of likely N-dealkylation sites (tertiary alicyclic amines) is 1. The number of ether oxygens (including phenoxy) is 4. The van der Waals surface area contributed by atoms with Crippen LogP contribution in [0.1, 0.15) is 35.2 Å². The molecule has 1 fully saturated rings. The molecule has 2 aliphatic rings. The van der Waals surface area contributed by atoms with Gasteiger partial charge in [0.05, 0.1) is 18.2 Å². The van der Waals surface area contributed by atoms with Crippen LogP contribution in [0.5, 0.6) is 23.0 Å². The zero-order chi connectivity index (χ0) is 29.8. The van der Waals surface area contributed by atoms with E-state index in [9.17, 15) is 14.7 Å². The number of aliphatic hydroxyl groups excluding tert-OH is 1. The maximum absolute atomic E-state index is 13.6. The number of ketones is 1. The normalized spacial score (nSPS) is 17.1. The molecule has 9 nitrogen and oxygen atoms in total. The minimum Gasteiger partial charge on any atom is -0.507 e. The van der Waals surface area contributed by atoms with Crippen molar-refractivity contribution in [3.63, 3.8) is 0 Å². The molecule has 6 rings (SSSR count). The number of pyridine rings is 1. The average Bonchev–Trinajstić information content (AvgIpc) is 3.29. The van der Waals surface area contributed by atoms with Crippen LogP contribution in [-0.2, 0) is 22.7 Å². The molecule has 9 heteroatoms. The van der Waals surface area contributed by atoms with Crippen molar-refractivity contribution >= 4 is 17.4 Å². The number of benzene rings is 3. The molecule has 2 aliphatic heterocycles. The summed E-state index contributed by atoms with van der Waals surface area (Å²) in [5.74, 6) is 0.155. The molecule has 1 atom stereocenters. The number of aromatic nitrogens is 1. The predicted octanol–water partition coefficient (Wildman–Crippen LogP) is 5.45. The summed E-state index contributed by atoms with van der Waals surface area (Å²) < 4.78 is 23.3. The number of carbonyl (C=O) groups excluding carboxylic acids is 2. The highest BCUT2D eigenvalue weighted by molar-refractivity contribution is 6.46. The Kier molecular flexibility index (Phi) is 7.95. The van der Waals surface area contributed by atoms with Gasteiger partial charge in [-0.2, -0.15) is 0 Å². The molecule has 218 valence electrons. The van der Waals surface area contributed by atoms with Gasteiger partial charge in [-0.05, 0) is 60.0 Å². The highest BCUT2D eigenvalue weighted by atomic mass is 16.6. The molecule has 0 aliphatic carbocycles. The zero-order valence-corrected chi connectivity index (χ0v) is 23.6. The third kappa shape index (κ3) is 5.74. The van der Waals surface area contributed by atoms with Gasteiger partial charge in [-0.1, -0.05) is 42.5 Å². The van der Waals surface area contributed by atoms with Gasteiger partial charge in [0, 0.05) is 24.5 Å². The monoisotopic (exact) mass is 578 g/mol. The number of rotatable bonds is 9. The van der Waals surface area contributed by atoms with E-state index in [0.29, 0.717) is 60.6 Å². The first-order valence-electron chi connectivity index (χ1n) is 14.0. The van der Waals surface area contributed by atoms with E-state index in [0.717, 1.165) is 11.1 Å². The Hall–Kier alpha value is -5.31. The SMILES string of the molecule is CCOc1cc([C@@H]2/C(=C(\O)c3ccc4c(c3)OCCO4)C(=O)C(=O)N2Cc2cccnc2)ccc1OCc1ccccc1. The topological polar surface area (TPSA) is 107 Å². The van der Waals surface area contributed by atoms with Gasteiger partial charge in [0.15, 0.2) is 23.0 Å². The molecule has 0 radical (unpaired) electrons. The average molecular weight is 579 g/mol. The summed E-state index contributed by atoms with van der Waals surface area (Å²) in [4.78, 5) is 32.7. The Labute approximate surface area is 248 Å². The van der Waals surface area contributed by atoms with Crippen LogP contribution in [0, 0.1) is 0 Å². The Bertz CT molecular complexity index is 1670. The lowest BCUT2D eigenvalue weighted by Crippen LogP contribution is -2.29. The first-order chi connectivity index (χ1) is 21.0. The molecule has 0 unspecified atom stereocenters. The second kappa shape index (κ2) is 12.3. The Morgan fingerprint density at radius 2 is 1.70 bits per heavy atom. The van der Waals surface area contributed by atoms with Crippen LogP contribution in [-0.4, -0.2) is 46.5 Å². The van der Waals surface area contributed by atoms with E-state index < -0.39 is 17.7 Å². The number of fused-ring (bicyclic) bond motifs is 1. The van der Waals surface area contributed by atoms with Crippen LogP contribution < -0.4 is 18.9 Å². The highest BCUT2D eigenvalue weighted by Crippen LogP contribution is 2.44. The minimum absolute atomic E-state index is 0.0361. The van der Waals surface area contributed by atoms with Crippen LogP contribution in [0.3, 0.4) is 0 Å². The molecule has 3 heterocycles. The van der Waals surface area contributed by atoms with Gasteiger partial charge in [-0.15, -0.1) is 0 Å². The number of hydrogen-bond acceptors (Lipinski definition) is 8. The van der Waals surface area contributed by atoms with Crippen LogP contribution >= 0.6 is 0 Å². The second-order valence-corrected chi connectivity index (χ2v) is 10.1. The summed E-state index contributed by atoms with van der Waals surface area (Å²) in [6.45, 7) is 3.47. The smallest absolute Gasteiger partial charge is 0.295 e. The van der Waals surface area contributed by atoms with Crippen molar-refractivity contribution in [2.45, 2.75) is 26.1 Å². The van der Waals surface area contributed by atoms with Crippen molar-refractivity contribution in [1.82, 2.24) is 9.88 Å². The van der Waals surface area contributed by atoms with Crippen molar-refractivity contribution in [3.05, 3.63) is 119 Å². The molecule has 1 N–H and O–H groups in total. The number of nitrogens with zero attached hydrogens (tertiary/aromatic N) is 2. The van der Waals surface area contributed by atoms with Crippen molar-refractivity contribution in [1.29, 1.82) is 0 Å². The third-order valence-electron chi connectivity index (χ3n) is 7.25.